The fraction of sp³-hybridized carbons (Fsp3) is 0.250. The molecule has 0 atom stereocenters. The third-order valence-electron chi connectivity index (χ3n) is 2.81. The predicted octanol–water partition coefficient (Wildman–Crippen LogP) is 3.29. The Hall–Kier alpha value is -2.16. The lowest BCUT2D eigenvalue weighted by Crippen LogP contribution is -2.09. The first-order chi connectivity index (χ1) is 9.28. The molecule has 0 saturated heterocycles. The second kappa shape index (κ2) is 6.69. The molecule has 0 unspecified atom stereocenters. The van der Waals surface area contributed by atoms with Crippen molar-refractivity contribution in [2.24, 2.45) is 0 Å². The Labute approximate surface area is 114 Å². The number of aryl methyl sites for hydroxylation is 1. The minimum absolute atomic E-state index is 0.499. The predicted molar refractivity (Wildman–Crippen MR) is 77.7 cm³/mol. The zero-order valence-corrected chi connectivity index (χ0v) is 11.1. The van der Waals surface area contributed by atoms with Crippen molar-refractivity contribution < 1.29 is 9.47 Å². The first kappa shape index (κ1) is 13.3. The van der Waals surface area contributed by atoms with E-state index in [4.69, 9.17) is 15.2 Å². The van der Waals surface area contributed by atoms with Gasteiger partial charge in [-0.15, -0.1) is 0 Å². The van der Waals surface area contributed by atoms with Crippen LogP contribution in [0.2, 0.25) is 0 Å². The number of nitrogens with two attached hydrogens (primary N) is 1. The smallest absolute Gasteiger partial charge is 0.122 e. The lowest BCUT2D eigenvalue weighted by Gasteiger charge is -2.09. The molecule has 3 nitrogen and oxygen atoms in total. The lowest BCUT2D eigenvalue weighted by atomic mass is 10.2. The van der Waals surface area contributed by atoms with Gasteiger partial charge in [0.25, 0.3) is 0 Å². The monoisotopic (exact) mass is 257 g/mol. The third kappa shape index (κ3) is 4.21. The SMILES string of the molecule is CCc1ccc(OCCOc2cccc(N)c2)cc1. The molecule has 2 aromatic rings. The summed E-state index contributed by atoms with van der Waals surface area (Å²) in [7, 11) is 0. The van der Waals surface area contributed by atoms with Crippen molar-refractivity contribution in [3.05, 3.63) is 54.1 Å². The first-order valence-corrected chi connectivity index (χ1v) is 6.48. The fourth-order valence-corrected chi connectivity index (χ4v) is 1.74. The molecule has 2 N–H and O–H groups in total. The van der Waals surface area contributed by atoms with Crippen LogP contribution in [0.15, 0.2) is 48.5 Å². The zero-order chi connectivity index (χ0) is 13.5. The van der Waals surface area contributed by atoms with E-state index >= 15 is 0 Å². The second-order valence-corrected chi connectivity index (χ2v) is 4.27. The van der Waals surface area contributed by atoms with Crippen molar-refractivity contribution in [2.45, 2.75) is 13.3 Å². The van der Waals surface area contributed by atoms with Gasteiger partial charge in [-0.3, -0.25) is 0 Å². The summed E-state index contributed by atoms with van der Waals surface area (Å²) in [6, 6.07) is 15.5. The van der Waals surface area contributed by atoms with Gasteiger partial charge in [0.1, 0.15) is 24.7 Å². The maximum Gasteiger partial charge on any atom is 0.122 e. The highest BCUT2D eigenvalue weighted by atomic mass is 16.5. The third-order valence-corrected chi connectivity index (χ3v) is 2.81. The van der Waals surface area contributed by atoms with Crippen LogP contribution in [0.4, 0.5) is 5.69 Å². The van der Waals surface area contributed by atoms with Crippen LogP contribution in [-0.2, 0) is 6.42 Å². The number of anilines is 1. The van der Waals surface area contributed by atoms with Crippen molar-refractivity contribution in [1.82, 2.24) is 0 Å². The van der Waals surface area contributed by atoms with Crippen molar-refractivity contribution in [3.8, 4) is 11.5 Å². The van der Waals surface area contributed by atoms with E-state index in [2.05, 4.69) is 19.1 Å². The van der Waals surface area contributed by atoms with Crippen LogP contribution < -0.4 is 15.2 Å². The Bertz CT molecular complexity index is 508. The van der Waals surface area contributed by atoms with E-state index in [-0.39, 0.29) is 0 Å². The normalized spacial score (nSPS) is 10.2. The topological polar surface area (TPSA) is 44.5 Å². The largest absolute Gasteiger partial charge is 0.490 e. The van der Waals surface area contributed by atoms with E-state index in [9.17, 15) is 0 Å². The molecule has 2 aromatic carbocycles. The Morgan fingerprint density at radius 2 is 1.58 bits per heavy atom. The van der Waals surface area contributed by atoms with Gasteiger partial charge in [0.05, 0.1) is 0 Å². The Kier molecular flexibility index (Phi) is 4.67. The molecule has 2 rings (SSSR count). The minimum Gasteiger partial charge on any atom is -0.490 e. The second-order valence-electron chi connectivity index (χ2n) is 4.27. The Morgan fingerprint density at radius 3 is 2.21 bits per heavy atom. The molecule has 0 amide bonds. The van der Waals surface area contributed by atoms with E-state index in [1.807, 2.05) is 30.3 Å². The van der Waals surface area contributed by atoms with Crippen LogP contribution in [0.25, 0.3) is 0 Å². The highest BCUT2D eigenvalue weighted by molar-refractivity contribution is 5.43. The molecule has 0 bridgehead atoms. The van der Waals surface area contributed by atoms with Gasteiger partial charge in [-0.25, -0.2) is 0 Å². The molecule has 0 aromatic heterocycles. The lowest BCUT2D eigenvalue weighted by molar-refractivity contribution is 0.217. The molecule has 0 heterocycles. The highest BCUT2D eigenvalue weighted by Crippen LogP contribution is 2.15. The molecule has 0 saturated carbocycles. The number of nitrogen functional groups attached to an aromatic ring is 1. The molecule has 0 aliphatic carbocycles. The molecule has 0 aliphatic rings. The number of hydrogen-bond acceptors (Lipinski definition) is 3. The van der Waals surface area contributed by atoms with Crippen molar-refractivity contribution >= 4 is 5.69 Å². The average Bonchev–Trinajstić information content (AvgIpc) is 2.44. The van der Waals surface area contributed by atoms with E-state index < -0.39 is 0 Å². The summed E-state index contributed by atoms with van der Waals surface area (Å²) >= 11 is 0. The van der Waals surface area contributed by atoms with Crippen molar-refractivity contribution in [3.63, 3.8) is 0 Å². The Balaban J connectivity index is 1.74. The van der Waals surface area contributed by atoms with Crippen molar-refractivity contribution in [1.29, 1.82) is 0 Å². The maximum atomic E-state index is 5.67. The molecule has 3 heteroatoms. The van der Waals surface area contributed by atoms with E-state index in [1.54, 1.807) is 6.07 Å². The molecular weight excluding hydrogens is 238 g/mol. The van der Waals surface area contributed by atoms with E-state index in [0.29, 0.717) is 18.9 Å². The first-order valence-electron chi connectivity index (χ1n) is 6.48. The molecule has 0 spiro atoms. The van der Waals surface area contributed by atoms with Gasteiger partial charge in [-0.1, -0.05) is 25.1 Å². The quantitative estimate of drug-likeness (QED) is 0.638. The summed E-state index contributed by atoms with van der Waals surface area (Å²) < 4.78 is 11.1. The molecule has 0 fully saturated rings. The van der Waals surface area contributed by atoms with Gasteiger partial charge in [0, 0.05) is 11.8 Å². The summed E-state index contributed by atoms with van der Waals surface area (Å²) in [5, 5.41) is 0. The summed E-state index contributed by atoms with van der Waals surface area (Å²) in [6.07, 6.45) is 1.04. The van der Waals surface area contributed by atoms with E-state index in [0.717, 1.165) is 17.9 Å². The molecular formula is C16H19NO2. The molecule has 100 valence electrons. The van der Waals surface area contributed by atoms with Gasteiger partial charge in [0.15, 0.2) is 0 Å². The number of ether oxygens (including phenoxy) is 2. The van der Waals surface area contributed by atoms with Gasteiger partial charge in [0.2, 0.25) is 0 Å². The summed E-state index contributed by atoms with van der Waals surface area (Å²) in [5.74, 6) is 1.64. The standard InChI is InChI=1S/C16H19NO2/c1-2-13-6-8-15(9-7-13)18-10-11-19-16-5-3-4-14(17)12-16/h3-9,12H,2,10-11,17H2,1H3. The van der Waals surface area contributed by atoms with Gasteiger partial charge >= 0.3 is 0 Å². The van der Waals surface area contributed by atoms with Crippen LogP contribution >= 0.6 is 0 Å². The van der Waals surface area contributed by atoms with Crippen LogP contribution in [0.3, 0.4) is 0 Å². The summed E-state index contributed by atoms with van der Waals surface area (Å²) in [4.78, 5) is 0. The van der Waals surface area contributed by atoms with Crippen LogP contribution in [0.1, 0.15) is 12.5 Å². The van der Waals surface area contributed by atoms with Crippen molar-refractivity contribution in [2.75, 3.05) is 18.9 Å². The van der Waals surface area contributed by atoms with Gasteiger partial charge in [-0.05, 0) is 36.2 Å². The molecule has 0 radical (unpaired) electrons. The number of rotatable bonds is 6. The highest BCUT2D eigenvalue weighted by Gasteiger charge is 1.96. The minimum atomic E-state index is 0.499. The summed E-state index contributed by atoms with van der Waals surface area (Å²) in [5.41, 5.74) is 7.68. The van der Waals surface area contributed by atoms with Gasteiger partial charge in [-0.2, -0.15) is 0 Å². The molecule has 0 aliphatic heterocycles. The fourth-order valence-electron chi connectivity index (χ4n) is 1.74. The summed E-state index contributed by atoms with van der Waals surface area (Å²) in [6.45, 7) is 3.15. The average molecular weight is 257 g/mol. The van der Waals surface area contributed by atoms with Gasteiger partial charge < -0.3 is 15.2 Å². The molecule has 19 heavy (non-hydrogen) atoms. The number of benzene rings is 2. The number of hydrogen-bond donors (Lipinski definition) is 1. The van der Waals surface area contributed by atoms with Crippen LogP contribution in [0.5, 0.6) is 11.5 Å². The van der Waals surface area contributed by atoms with Crippen LogP contribution in [-0.4, -0.2) is 13.2 Å². The zero-order valence-electron chi connectivity index (χ0n) is 11.1. The maximum absolute atomic E-state index is 5.67. The van der Waals surface area contributed by atoms with E-state index in [1.165, 1.54) is 5.56 Å². The van der Waals surface area contributed by atoms with Crippen LogP contribution in [0, 0.1) is 0 Å². The Morgan fingerprint density at radius 1 is 0.895 bits per heavy atom.